The standard InChI is InChI=1S/C21H27FN4O.HI/c1-21(2,3)26-19(27)17-7-5-6-16(12-17)14-25-20(23-4)24-13-15-8-10-18(22)11-9-15;/h5-12H,13-14H2,1-4H3,(H,26,27)(H2,23,24,25);1H. The van der Waals surface area contributed by atoms with Crippen LogP contribution in [0.15, 0.2) is 53.5 Å². The van der Waals surface area contributed by atoms with Crippen LogP contribution in [0.2, 0.25) is 0 Å². The third kappa shape index (κ3) is 8.24. The van der Waals surface area contributed by atoms with Crippen molar-refractivity contribution >= 4 is 35.8 Å². The number of benzene rings is 2. The topological polar surface area (TPSA) is 65.5 Å². The maximum atomic E-state index is 13.0. The van der Waals surface area contributed by atoms with E-state index in [2.05, 4.69) is 20.9 Å². The van der Waals surface area contributed by atoms with Crippen LogP contribution in [0.3, 0.4) is 0 Å². The Labute approximate surface area is 183 Å². The summed E-state index contributed by atoms with van der Waals surface area (Å²) in [6, 6.07) is 13.8. The highest BCUT2D eigenvalue weighted by atomic mass is 127. The number of carbonyl (C=O) groups is 1. The van der Waals surface area contributed by atoms with E-state index in [1.165, 1.54) is 12.1 Å². The average molecular weight is 498 g/mol. The number of nitrogens with one attached hydrogen (secondary N) is 3. The monoisotopic (exact) mass is 498 g/mol. The fraction of sp³-hybridized carbons (Fsp3) is 0.333. The molecule has 0 fully saturated rings. The lowest BCUT2D eigenvalue weighted by Gasteiger charge is -2.20. The van der Waals surface area contributed by atoms with Gasteiger partial charge in [0.1, 0.15) is 5.82 Å². The molecule has 0 spiro atoms. The van der Waals surface area contributed by atoms with Crippen LogP contribution in [-0.4, -0.2) is 24.5 Å². The first-order valence-electron chi connectivity index (χ1n) is 8.87. The van der Waals surface area contributed by atoms with Crippen molar-refractivity contribution < 1.29 is 9.18 Å². The highest BCUT2D eigenvalue weighted by molar-refractivity contribution is 14.0. The molecule has 1 amide bonds. The summed E-state index contributed by atoms with van der Waals surface area (Å²) in [6.45, 7) is 6.92. The number of halogens is 2. The van der Waals surface area contributed by atoms with Crippen LogP contribution >= 0.6 is 24.0 Å². The van der Waals surface area contributed by atoms with Crippen LogP contribution in [0.25, 0.3) is 0 Å². The molecule has 0 aliphatic rings. The van der Waals surface area contributed by atoms with Gasteiger partial charge < -0.3 is 16.0 Å². The molecule has 0 radical (unpaired) electrons. The predicted octanol–water partition coefficient (Wildman–Crippen LogP) is 3.84. The normalized spacial score (nSPS) is 11.4. The zero-order chi connectivity index (χ0) is 19.9. The molecule has 3 N–H and O–H groups in total. The smallest absolute Gasteiger partial charge is 0.251 e. The highest BCUT2D eigenvalue weighted by Gasteiger charge is 2.15. The molecule has 0 bridgehead atoms. The molecule has 2 rings (SSSR count). The number of hydrogen-bond donors (Lipinski definition) is 3. The summed E-state index contributed by atoms with van der Waals surface area (Å²) < 4.78 is 13.0. The third-order valence-corrected chi connectivity index (χ3v) is 3.73. The maximum Gasteiger partial charge on any atom is 0.251 e. The molecule has 2 aromatic carbocycles. The molecule has 0 unspecified atom stereocenters. The molecule has 7 heteroatoms. The zero-order valence-electron chi connectivity index (χ0n) is 16.7. The van der Waals surface area contributed by atoms with Crippen molar-refractivity contribution in [2.45, 2.75) is 39.4 Å². The predicted molar refractivity (Wildman–Crippen MR) is 123 cm³/mol. The molecule has 2 aromatic rings. The van der Waals surface area contributed by atoms with E-state index in [1.54, 1.807) is 25.2 Å². The van der Waals surface area contributed by atoms with Crippen LogP contribution in [0.4, 0.5) is 4.39 Å². The van der Waals surface area contributed by atoms with Gasteiger partial charge in [-0.2, -0.15) is 0 Å². The Hall–Kier alpha value is -2.16. The Balaban J connectivity index is 0.00000392. The number of nitrogens with zero attached hydrogens (tertiary/aromatic N) is 1. The van der Waals surface area contributed by atoms with Gasteiger partial charge in [0.2, 0.25) is 0 Å². The van der Waals surface area contributed by atoms with E-state index in [1.807, 2.05) is 39.0 Å². The van der Waals surface area contributed by atoms with Crippen LogP contribution in [-0.2, 0) is 13.1 Å². The molecular weight excluding hydrogens is 470 g/mol. The summed E-state index contributed by atoms with van der Waals surface area (Å²) in [4.78, 5) is 16.5. The summed E-state index contributed by atoms with van der Waals surface area (Å²) in [5.41, 5.74) is 2.28. The van der Waals surface area contributed by atoms with E-state index >= 15 is 0 Å². The fourth-order valence-corrected chi connectivity index (χ4v) is 2.43. The van der Waals surface area contributed by atoms with Crippen molar-refractivity contribution in [3.63, 3.8) is 0 Å². The van der Waals surface area contributed by atoms with Gasteiger partial charge in [-0.05, 0) is 56.2 Å². The van der Waals surface area contributed by atoms with Gasteiger partial charge in [0, 0.05) is 31.2 Å². The maximum absolute atomic E-state index is 13.0. The molecule has 0 aromatic heterocycles. The van der Waals surface area contributed by atoms with Gasteiger partial charge in [0.25, 0.3) is 5.91 Å². The van der Waals surface area contributed by atoms with Gasteiger partial charge in [-0.3, -0.25) is 9.79 Å². The van der Waals surface area contributed by atoms with Gasteiger partial charge in [0.15, 0.2) is 5.96 Å². The first-order valence-corrected chi connectivity index (χ1v) is 8.87. The fourth-order valence-electron chi connectivity index (χ4n) is 2.43. The number of guanidine groups is 1. The lowest BCUT2D eigenvalue weighted by atomic mass is 10.1. The average Bonchev–Trinajstić information content (AvgIpc) is 2.62. The van der Waals surface area contributed by atoms with E-state index in [0.29, 0.717) is 24.6 Å². The quantitative estimate of drug-likeness (QED) is 0.334. The van der Waals surface area contributed by atoms with Gasteiger partial charge in [-0.15, -0.1) is 24.0 Å². The summed E-state index contributed by atoms with van der Waals surface area (Å²) in [6.07, 6.45) is 0. The minimum Gasteiger partial charge on any atom is -0.352 e. The number of amides is 1. The van der Waals surface area contributed by atoms with E-state index in [-0.39, 0.29) is 41.2 Å². The molecule has 0 heterocycles. The van der Waals surface area contributed by atoms with E-state index in [0.717, 1.165) is 11.1 Å². The Morgan fingerprint density at radius 2 is 1.61 bits per heavy atom. The SMILES string of the molecule is CN=C(NCc1ccc(F)cc1)NCc1cccc(C(=O)NC(C)(C)C)c1.I. The van der Waals surface area contributed by atoms with Crippen molar-refractivity contribution in [3.8, 4) is 0 Å². The van der Waals surface area contributed by atoms with E-state index in [9.17, 15) is 9.18 Å². The molecule has 5 nitrogen and oxygen atoms in total. The first-order chi connectivity index (χ1) is 12.8. The van der Waals surface area contributed by atoms with E-state index < -0.39 is 0 Å². The van der Waals surface area contributed by atoms with Crippen molar-refractivity contribution in [3.05, 3.63) is 71.0 Å². The lowest BCUT2D eigenvalue weighted by Crippen LogP contribution is -2.40. The third-order valence-electron chi connectivity index (χ3n) is 3.73. The van der Waals surface area contributed by atoms with Crippen LogP contribution < -0.4 is 16.0 Å². The Kier molecular flexibility index (Phi) is 9.37. The van der Waals surface area contributed by atoms with Gasteiger partial charge >= 0.3 is 0 Å². The number of rotatable bonds is 5. The molecule has 0 aliphatic heterocycles. The second-order valence-electron chi connectivity index (χ2n) is 7.31. The largest absolute Gasteiger partial charge is 0.352 e. The number of hydrogen-bond acceptors (Lipinski definition) is 2. The van der Waals surface area contributed by atoms with Gasteiger partial charge in [0.05, 0.1) is 0 Å². The van der Waals surface area contributed by atoms with Gasteiger partial charge in [-0.1, -0.05) is 24.3 Å². The molecule has 0 aliphatic carbocycles. The second kappa shape index (κ2) is 11.0. The number of carbonyl (C=O) groups excluding carboxylic acids is 1. The second-order valence-corrected chi connectivity index (χ2v) is 7.31. The number of aliphatic imine (C=N–C) groups is 1. The minimum absolute atomic E-state index is 0. The summed E-state index contributed by atoms with van der Waals surface area (Å²) in [7, 11) is 1.69. The minimum atomic E-state index is -0.280. The molecule has 0 atom stereocenters. The molecular formula is C21H28FIN4O. The van der Waals surface area contributed by atoms with Gasteiger partial charge in [-0.25, -0.2) is 4.39 Å². The molecule has 28 heavy (non-hydrogen) atoms. The summed E-state index contributed by atoms with van der Waals surface area (Å²) in [5.74, 6) is 0.281. The highest BCUT2D eigenvalue weighted by Crippen LogP contribution is 2.08. The molecule has 0 saturated carbocycles. The summed E-state index contributed by atoms with van der Waals surface area (Å²) in [5, 5.41) is 9.35. The van der Waals surface area contributed by atoms with Crippen LogP contribution in [0.1, 0.15) is 42.3 Å². The van der Waals surface area contributed by atoms with E-state index in [4.69, 9.17) is 0 Å². The van der Waals surface area contributed by atoms with Crippen LogP contribution in [0.5, 0.6) is 0 Å². The van der Waals surface area contributed by atoms with Crippen molar-refractivity contribution in [2.75, 3.05) is 7.05 Å². The molecule has 0 saturated heterocycles. The van der Waals surface area contributed by atoms with Crippen molar-refractivity contribution in [2.24, 2.45) is 4.99 Å². The Morgan fingerprint density at radius 1 is 1.00 bits per heavy atom. The van der Waals surface area contributed by atoms with Crippen molar-refractivity contribution in [1.82, 2.24) is 16.0 Å². The Morgan fingerprint density at radius 3 is 2.18 bits per heavy atom. The zero-order valence-corrected chi connectivity index (χ0v) is 19.0. The first kappa shape index (κ1) is 23.9. The summed E-state index contributed by atoms with van der Waals surface area (Å²) >= 11 is 0. The van der Waals surface area contributed by atoms with Crippen LogP contribution in [0, 0.1) is 5.82 Å². The Bertz CT molecular complexity index is 801. The lowest BCUT2D eigenvalue weighted by molar-refractivity contribution is 0.0919. The molecule has 152 valence electrons. The van der Waals surface area contributed by atoms with Crippen molar-refractivity contribution in [1.29, 1.82) is 0 Å².